The Morgan fingerprint density at radius 3 is 2.60 bits per heavy atom. The molecule has 1 atom stereocenters. The summed E-state index contributed by atoms with van der Waals surface area (Å²) in [5.41, 5.74) is 9.41. The quantitative estimate of drug-likeness (QED) is 0.886. The molecular weight excluding hydrogens is 248 g/mol. The number of aryl methyl sites for hydroxylation is 2. The van der Waals surface area contributed by atoms with Gasteiger partial charge in [0, 0.05) is 6.04 Å². The van der Waals surface area contributed by atoms with Gasteiger partial charge in [0.15, 0.2) is 0 Å². The van der Waals surface area contributed by atoms with Crippen LogP contribution >= 0.6 is 0 Å². The minimum absolute atomic E-state index is 0.0206. The van der Waals surface area contributed by atoms with E-state index in [4.69, 9.17) is 5.73 Å². The van der Waals surface area contributed by atoms with Gasteiger partial charge in [0.05, 0.1) is 5.54 Å². The van der Waals surface area contributed by atoms with Crippen molar-refractivity contribution in [2.75, 3.05) is 0 Å². The predicted molar refractivity (Wildman–Crippen MR) is 82.6 cm³/mol. The molecule has 1 aliphatic rings. The summed E-state index contributed by atoms with van der Waals surface area (Å²) in [6, 6.07) is 6.58. The summed E-state index contributed by atoms with van der Waals surface area (Å²) in [7, 11) is 0. The van der Waals surface area contributed by atoms with Crippen LogP contribution in [0.5, 0.6) is 0 Å². The predicted octanol–water partition coefficient (Wildman–Crippen LogP) is 2.62. The van der Waals surface area contributed by atoms with Crippen LogP contribution in [0.4, 0.5) is 0 Å². The minimum Gasteiger partial charge on any atom is -0.352 e. The van der Waals surface area contributed by atoms with Crippen molar-refractivity contribution >= 4 is 5.91 Å². The van der Waals surface area contributed by atoms with Gasteiger partial charge in [-0.2, -0.15) is 0 Å². The molecule has 0 spiro atoms. The van der Waals surface area contributed by atoms with E-state index in [1.54, 1.807) is 0 Å². The molecule has 0 aromatic heterocycles. The lowest BCUT2D eigenvalue weighted by Crippen LogP contribution is -2.54. The normalized spacial score (nSPS) is 18.8. The summed E-state index contributed by atoms with van der Waals surface area (Å²) in [6.45, 7) is 6.27. The second kappa shape index (κ2) is 5.96. The number of carbonyl (C=O) groups is 1. The summed E-state index contributed by atoms with van der Waals surface area (Å²) < 4.78 is 0. The van der Waals surface area contributed by atoms with E-state index in [2.05, 4.69) is 44.3 Å². The maximum atomic E-state index is 12.3. The first-order valence-electron chi connectivity index (χ1n) is 7.57. The van der Waals surface area contributed by atoms with Crippen molar-refractivity contribution in [1.82, 2.24) is 5.32 Å². The molecule has 1 unspecified atom stereocenters. The van der Waals surface area contributed by atoms with Crippen molar-refractivity contribution in [3.05, 3.63) is 34.9 Å². The molecule has 1 fully saturated rings. The zero-order valence-electron chi connectivity index (χ0n) is 12.8. The zero-order valence-corrected chi connectivity index (χ0v) is 12.8. The van der Waals surface area contributed by atoms with E-state index in [-0.39, 0.29) is 11.9 Å². The van der Waals surface area contributed by atoms with Crippen LogP contribution in [0, 0.1) is 13.8 Å². The first-order chi connectivity index (χ1) is 9.40. The Morgan fingerprint density at radius 1 is 1.35 bits per heavy atom. The molecule has 20 heavy (non-hydrogen) atoms. The highest BCUT2D eigenvalue weighted by Gasteiger charge is 2.37. The van der Waals surface area contributed by atoms with Crippen molar-refractivity contribution in [2.24, 2.45) is 5.73 Å². The number of hydrogen-bond acceptors (Lipinski definition) is 2. The zero-order chi connectivity index (χ0) is 14.8. The topological polar surface area (TPSA) is 55.1 Å². The summed E-state index contributed by atoms with van der Waals surface area (Å²) >= 11 is 0. The Bertz CT molecular complexity index is 490. The fraction of sp³-hybridized carbons (Fsp3) is 0.588. The van der Waals surface area contributed by atoms with Gasteiger partial charge in [0.1, 0.15) is 0 Å². The molecule has 3 heteroatoms. The molecule has 3 N–H and O–H groups in total. The van der Waals surface area contributed by atoms with Gasteiger partial charge in [-0.25, -0.2) is 0 Å². The molecule has 0 saturated heterocycles. The summed E-state index contributed by atoms with van der Waals surface area (Å²) in [5.74, 6) is 0.0206. The molecule has 1 amide bonds. The lowest BCUT2D eigenvalue weighted by atomic mass is 9.96. The van der Waals surface area contributed by atoms with Gasteiger partial charge in [-0.05, 0) is 51.2 Å². The Labute approximate surface area is 121 Å². The van der Waals surface area contributed by atoms with E-state index >= 15 is 0 Å². The Balaban J connectivity index is 1.95. The van der Waals surface area contributed by atoms with Crippen LogP contribution in [-0.2, 0) is 11.2 Å². The lowest BCUT2D eigenvalue weighted by molar-refractivity contribution is -0.126. The SMILES string of the molecule is Cc1ccc(CC(C)NC(=O)C2(N)CCCC2)c(C)c1. The number of hydrogen-bond donors (Lipinski definition) is 2. The van der Waals surface area contributed by atoms with Gasteiger partial charge in [0.25, 0.3) is 0 Å². The molecule has 110 valence electrons. The van der Waals surface area contributed by atoms with Gasteiger partial charge < -0.3 is 11.1 Å². The highest BCUT2D eigenvalue weighted by Crippen LogP contribution is 2.27. The lowest BCUT2D eigenvalue weighted by Gasteiger charge is -2.25. The highest BCUT2D eigenvalue weighted by molar-refractivity contribution is 5.86. The molecular formula is C17H26N2O. The van der Waals surface area contributed by atoms with Gasteiger partial charge in [-0.3, -0.25) is 4.79 Å². The van der Waals surface area contributed by atoms with Crippen LogP contribution in [0.15, 0.2) is 18.2 Å². The van der Waals surface area contributed by atoms with Crippen molar-refractivity contribution < 1.29 is 4.79 Å². The van der Waals surface area contributed by atoms with Gasteiger partial charge >= 0.3 is 0 Å². The monoisotopic (exact) mass is 274 g/mol. The van der Waals surface area contributed by atoms with Crippen LogP contribution in [-0.4, -0.2) is 17.5 Å². The van der Waals surface area contributed by atoms with Crippen LogP contribution in [0.3, 0.4) is 0 Å². The van der Waals surface area contributed by atoms with Crippen LogP contribution < -0.4 is 11.1 Å². The Hall–Kier alpha value is -1.35. The maximum absolute atomic E-state index is 12.3. The number of benzene rings is 1. The molecule has 1 aromatic rings. The third kappa shape index (κ3) is 3.40. The molecule has 3 nitrogen and oxygen atoms in total. The molecule has 1 saturated carbocycles. The van der Waals surface area contributed by atoms with Gasteiger partial charge in [0.2, 0.25) is 5.91 Å². The number of carbonyl (C=O) groups excluding carboxylic acids is 1. The first-order valence-corrected chi connectivity index (χ1v) is 7.57. The van der Waals surface area contributed by atoms with Crippen LogP contribution in [0.2, 0.25) is 0 Å². The minimum atomic E-state index is -0.628. The standard InChI is InChI=1S/C17H26N2O/c1-12-6-7-15(13(2)10-12)11-14(3)19-16(20)17(18)8-4-5-9-17/h6-7,10,14H,4-5,8-9,11,18H2,1-3H3,(H,19,20). The molecule has 1 aliphatic carbocycles. The molecule has 1 aromatic carbocycles. The van der Waals surface area contributed by atoms with Crippen molar-refractivity contribution in [3.63, 3.8) is 0 Å². The summed E-state index contributed by atoms with van der Waals surface area (Å²) in [5, 5.41) is 3.09. The van der Waals surface area contributed by atoms with Gasteiger partial charge in [-0.1, -0.05) is 36.6 Å². The van der Waals surface area contributed by atoms with Crippen molar-refractivity contribution in [1.29, 1.82) is 0 Å². The smallest absolute Gasteiger partial charge is 0.240 e. The highest BCUT2D eigenvalue weighted by atomic mass is 16.2. The number of nitrogens with one attached hydrogen (secondary N) is 1. The number of rotatable bonds is 4. The van der Waals surface area contributed by atoms with Gasteiger partial charge in [-0.15, -0.1) is 0 Å². The van der Waals surface area contributed by atoms with E-state index in [0.717, 1.165) is 32.1 Å². The van der Waals surface area contributed by atoms with E-state index < -0.39 is 5.54 Å². The van der Waals surface area contributed by atoms with Crippen LogP contribution in [0.1, 0.15) is 49.3 Å². The Morgan fingerprint density at radius 2 is 2.00 bits per heavy atom. The second-order valence-electron chi connectivity index (χ2n) is 6.37. The van der Waals surface area contributed by atoms with Crippen LogP contribution in [0.25, 0.3) is 0 Å². The average molecular weight is 274 g/mol. The first kappa shape index (κ1) is 15.0. The Kier molecular flexibility index (Phi) is 4.48. The molecule has 0 heterocycles. The van der Waals surface area contributed by atoms with Crippen molar-refractivity contribution in [2.45, 2.75) is 64.5 Å². The second-order valence-corrected chi connectivity index (χ2v) is 6.37. The van der Waals surface area contributed by atoms with E-state index in [9.17, 15) is 4.79 Å². The molecule has 0 radical (unpaired) electrons. The maximum Gasteiger partial charge on any atom is 0.240 e. The van der Waals surface area contributed by atoms with E-state index in [1.165, 1.54) is 16.7 Å². The number of amides is 1. The van der Waals surface area contributed by atoms with E-state index in [1.807, 2.05) is 0 Å². The van der Waals surface area contributed by atoms with E-state index in [0.29, 0.717) is 0 Å². The third-order valence-corrected chi connectivity index (χ3v) is 4.35. The fourth-order valence-corrected chi connectivity index (χ4v) is 3.06. The summed E-state index contributed by atoms with van der Waals surface area (Å²) in [6.07, 6.45) is 4.61. The fourth-order valence-electron chi connectivity index (χ4n) is 3.06. The largest absolute Gasteiger partial charge is 0.352 e. The number of nitrogens with two attached hydrogens (primary N) is 1. The third-order valence-electron chi connectivity index (χ3n) is 4.35. The molecule has 0 bridgehead atoms. The van der Waals surface area contributed by atoms with Crippen molar-refractivity contribution in [3.8, 4) is 0 Å². The summed E-state index contributed by atoms with van der Waals surface area (Å²) in [4.78, 5) is 12.3. The average Bonchev–Trinajstić information content (AvgIpc) is 2.81. The molecule has 2 rings (SSSR count). The molecule has 0 aliphatic heterocycles.